The molecule has 0 radical (unpaired) electrons. The molecule has 8 nitrogen and oxygen atoms in total. The first-order chi connectivity index (χ1) is 12.7. The molecule has 0 spiro atoms. The van der Waals surface area contributed by atoms with Crippen LogP contribution in [0.4, 0.5) is 5.69 Å². The smallest absolute Gasteiger partial charge is 0.257 e. The molecule has 27 heavy (non-hydrogen) atoms. The summed E-state index contributed by atoms with van der Waals surface area (Å²) in [5.74, 6) is -0.537. The van der Waals surface area contributed by atoms with Gasteiger partial charge in [0.2, 0.25) is 10.0 Å². The second-order valence-corrected chi connectivity index (χ2v) is 8.42. The zero-order valence-electron chi connectivity index (χ0n) is 14.9. The topological polar surface area (TPSA) is 106 Å². The van der Waals surface area contributed by atoms with Gasteiger partial charge in [-0.2, -0.15) is 5.10 Å². The highest BCUT2D eigenvalue weighted by Crippen LogP contribution is 2.23. The van der Waals surface area contributed by atoms with E-state index in [9.17, 15) is 13.2 Å². The van der Waals surface area contributed by atoms with E-state index in [1.165, 1.54) is 31.4 Å². The molecule has 2 aromatic heterocycles. The van der Waals surface area contributed by atoms with Crippen LogP contribution in [0, 0.1) is 0 Å². The van der Waals surface area contributed by atoms with Crippen LogP contribution in [0.15, 0.2) is 41.6 Å². The Morgan fingerprint density at radius 2 is 1.96 bits per heavy atom. The maximum absolute atomic E-state index is 12.6. The Morgan fingerprint density at radius 3 is 2.63 bits per heavy atom. The van der Waals surface area contributed by atoms with E-state index in [0.717, 1.165) is 5.39 Å². The third kappa shape index (κ3) is 3.80. The molecule has 1 amide bonds. The van der Waals surface area contributed by atoms with Gasteiger partial charge in [-0.15, -0.1) is 0 Å². The molecule has 0 fully saturated rings. The van der Waals surface area contributed by atoms with Gasteiger partial charge in [-0.1, -0.05) is 11.6 Å². The maximum atomic E-state index is 12.6. The SMILES string of the molecule is CNS(=O)(=O)c1ccc(Cl)c(C(=O)Nc2cnc3c(cnn3C(C)C)c2)c1. The monoisotopic (exact) mass is 407 g/mol. The Kier molecular flexibility index (Phi) is 5.18. The second-order valence-electron chi connectivity index (χ2n) is 6.12. The lowest BCUT2D eigenvalue weighted by Gasteiger charge is -2.10. The number of hydrogen-bond acceptors (Lipinski definition) is 5. The molecule has 0 aliphatic heterocycles. The van der Waals surface area contributed by atoms with Crippen molar-refractivity contribution in [1.29, 1.82) is 0 Å². The zero-order chi connectivity index (χ0) is 19.8. The molecule has 1 aromatic carbocycles. The van der Waals surface area contributed by atoms with Gasteiger partial charge in [-0.05, 0) is 45.2 Å². The minimum absolute atomic E-state index is 0.0472. The van der Waals surface area contributed by atoms with E-state index in [0.29, 0.717) is 11.3 Å². The van der Waals surface area contributed by atoms with Gasteiger partial charge in [0, 0.05) is 11.4 Å². The van der Waals surface area contributed by atoms with Gasteiger partial charge in [0.25, 0.3) is 5.91 Å². The number of nitrogens with one attached hydrogen (secondary N) is 2. The van der Waals surface area contributed by atoms with Crippen molar-refractivity contribution in [2.75, 3.05) is 12.4 Å². The summed E-state index contributed by atoms with van der Waals surface area (Å²) in [6.45, 7) is 4.00. The number of aromatic nitrogens is 3. The number of carbonyl (C=O) groups is 1. The number of sulfonamides is 1. The third-order valence-corrected chi connectivity index (χ3v) is 5.68. The molecule has 0 aliphatic carbocycles. The lowest BCUT2D eigenvalue weighted by Crippen LogP contribution is -2.20. The lowest BCUT2D eigenvalue weighted by atomic mass is 10.2. The summed E-state index contributed by atoms with van der Waals surface area (Å²) in [6, 6.07) is 5.83. The number of halogens is 1. The van der Waals surface area contributed by atoms with Crippen molar-refractivity contribution in [3.05, 3.63) is 47.2 Å². The van der Waals surface area contributed by atoms with E-state index < -0.39 is 15.9 Å². The summed E-state index contributed by atoms with van der Waals surface area (Å²) in [6.07, 6.45) is 3.19. The Morgan fingerprint density at radius 1 is 1.22 bits per heavy atom. The molecular formula is C17H18ClN5O3S. The number of anilines is 1. The molecule has 3 aromatic rings. The quantitative estimate of drug-likeness (QED) is 0.676. The molecule has 0 unspecified atom stereocenters. The number of fused-ring (bicyclic) bond motifs is 1. The van der Waals surface area contributed by atoms with Gasteiger partial charge >= 0.3 is 0 Å². The first kappa shape index (κ1) is 19.3. The third-order valence-electron chi connectivity index (χ3n) is 3.94. The number of amides is 1. The summed E-state index contributed by atoms with van der Waals surface area (Å²) >= 11 is 6.08. The van der Waals surface area contributed by atoms with E-state index in [-0.39, 0.29) is 21.5 Å². The van der Waals surface area contributed by atoms with E-state index >= 15 is 0 Å². The number of pyridine rings is 1. The fourth-order valence-corrected chi connectivity index (χ4v) is 3.51. The van der Waals surface area contributed by atoms with Crippen molar-refractivity contribution in [3.63, 3.8) is 0 Å². The van der Waals surface area contributed by atoms with E-state index in [1.807, 2.05) is 13.8 Å². The van der Waals surface area contributed by atoms with Crippen LogP contribution in [-0.2, 0) is 10.0 Å². The van der Waals surface area contributed by atoms with Crippen LogP contribution >= 0.6 is 11.6 Å². The normalized spacial score (nSPS) is 11.9. The summed E-state index contributed by atoms with van der Waals surface area (Å²) in [5, 5.41) is 7.89. The first-order valence-electron chi connectivity index (χ1n) is 8.10. The molecular weight excluding hydrogens is 390 g/mol. The van der Waals surface area contributed by atoms with Crippen molar-refractivity contribution in [1.82, 2.24) is 19.5 Å². The summed E-state index contributed by atoms with van der Waals surface area (Å²) in [5.41, 5.74) is 1.21. The zero-order valence-corrected chi connectivity index (χ0v) is 16.5. The predicted octanol–water partition coefficient (Wildman–Crippen LogP) is 2.83. The van der Waals surface area contributed by atoms with Gasteiger partial charge in [0.05, 0.1) is 33.6 Å². The number of benzene rings is 1. The highest BCUT2D eigenvalue weighted by Gasteiger charge is 2.18. The van der Waals surface area contributed by atoms with Crippen LogP contribution in [0.5, 0.6) is 0 Å². The molecule has 0 bridgehead atoms. The van der Waals surface area contributed by atoms with Crippen LogP contribution in [-0.4, -0.2) is 36.1 Å². The number of hydrogen-bond donors (Lipinski definition) is 2. The number of carbonyl (C=O) groups excluding carboxylic acids is 1. The Balaban J connectivity index is 1.91. The molecule has 0 saturated carbocycles. The molecule has 0 saturated heterocycles. The Labute approximate surface area is 161 Å². The average molecular weight is 408 g/mol. The van der Waals surface area contributed by atoms with Crippen LogP contribution < -0.4 is 10.0 Å². The van der Waals surface area contributed by atoms with Crippen LogP contribution in [0.25, 0.3) is 11.0 Å². The van der Waals surface area contributed by atoms with Crippen molar-refractivity contribution >= 4 is 44.3 Å². The number of rotatable bonds is 5. The highest BCUT2D eigenvalue weighted by atomic mass is 35.5. The summed E-state index contributed by atoms with van der Waals surface area (Å²) < 4.78 is 27.9. The fraction of sp³-hybridized carbons (Fsp3) is 0.235. The summed E-state index contributed by atoms with van der Waals surface area (Å²) in [4.78, 5) is 16.9. The minimum Gasteiger partial charge on any atom is -0.321 e. The highest BCUT2D eigenvalue weighted by molar-refractivity contribution is 7.89. The standard InChI is InChI=1S/C17H18ClN5O3S/c1-10(2)23-16-11(8-21-23)6-12(9-20-16)22-17(24)14-7-13(4-5-15(14)18)27(25,26)19-3/h4-10,19H,1-3H3,(H,22,24). The Hall–Kier alpha value is -2.49. The van der Waals surface area contributed by atoms with Gasteiger partial charge < -0.3 is 5.32 Å². The molecule has 0 atom stereocenters. The molecule has 0 aliphatic rings. The van der Waals surface area contributed by atoms with Crippen LogP contribution in [0.2, 0.25) is 5.02 Å². The maximum Gasteiger partial charge on any atom is 0.257 e. The van der Waals surface area contributed by atoms with Crippen molar-refractivity contribution in [3.8, 4) is 0 Å². The fourth-order valence-electron chi connectivity index (χ4n) is 2.55. The molecule has 3 rings (SSSR count). The van der Waals surface area contributed by atoms with Gasteiger partial charge in [0.1, 0.15) is 0 Å². The molecule has 2 N–H and O–H groups in total. The number of nitrogens with zero attached hydrogens (tertiary/aromatic N) is 3. The van der Waals surface area contributed by atoms with Crippen LogP contribution in [0.3, 0.4) is 0 Å². The van der Waals surface area contributed by atoms with Gasteiger partial charge in [0.15, 0.2) is 5.65 Å². The van der Waals surface area contributed by atoms with Gasteiger partial charge in [-0.25, -0.2) is 22.8 Å². The van der Waals surface area contributed by atoms with Crippen molar-refractivity contribution in [2.45, 2.75) is 24.8 Å². The molecule has 2 heterocycles. The average Bonchev–Trinajstić information content (AvgIpc) is 3.05. The summed E-state index contributed by atoms with van der Waals surface area (Å²) in [7, 11) is -2.40. The van der Waals surface area contributed by atoms with Crippen LogP contribution in [0.1, 0.15) is 30.2 Å². The molecule has 10 heteroatoms. The van der Waals surface area contributed by atoms with E-state index in [4.69, 9.17) is 11.6 Å². The first-order valence-corrected chi connectivity index (χ1v) is 9.97. The van der Waals surface area contributed by atoms with E-state index in [2.05, 4.69) is 20.1 Å². The van der Waals surface area contributed by atoms with E-state index in [1.54, 1.807) is 16.9 Å². The minimum atomic E-state index is -3.69. The molecule has 142 valence electrons. The predicted molar refractivity (Wildman–Crippen MR) is 104 cm³/mol. The second kappa shape index (κ2) is 7.26. The Bertz CT molecular complexity index is 1120. The van der Waals surface area contributed by atoms with Crippen molar-refractivity contribution in [2.24, 2.45) is 0 Å². The lowest BCUT2D eigenvalue weighted by molar-refractivity contribution is 0.102. The van der Waals surface area contributed by atoms with Gasteiger partial charge in [-0.3, -0.25) is 4.79 Å². The van der Waals surface area contributed by atoms with Crippen molar-refractivity contribution < 1.29 is 13.2 Å². The largest absolute Gasteiger partial charge is 0.321 e.